The minimum atomic E-state index is -0.555. The van der Waals surface area contributed by atoms with Crippen molar-refractivity contribution in [2.24, 2.45) is 23.7 Å². The van der Waals surface area contributed by atoms with Gasteiger partial charge in [-0.2, -0.15) is 0 Å². The fourth-order valence-electron chi connectivity index (χ4n) is 6.55. The molecule has 3 aliphatic rings. The molecule has 0 N–H and O–H groups in total. The molecule has 0 atom stereocenters. The van der Waals surface area contributed by atoms with Gasteiger partial charge in [-0.25, -0.2) is 8.78 Å². The summed E-state index contributed by atoms with van der Waals surface area (Å²) < 4.78 is 41.8. The van der Waals surface area contributed by atoms with Gasteiger partial charge in [-0.15, -0.1) is 0 Å². The lowest BCUT2D eigenvalue weighted by atomic mass is 9.68. The molecular formula is C31H40F2O2. The molecular weight excluding hydrogens is 442 g/mol. The van der Waals surface area contributed by atoms with Crippen molar-refractivity contribution in [3.63, 3.8) is 0 Å². The van der Waals surface area contributed by atoms with Gasteiger partial charge in [-0.3, -0.25) is 0 Å². The summed E-state index contributed by atoms with van der Waals surface area (Å²) >= 11 is 0. The summed E-state index contributed by atoms with van der Waals surface area (Å²) in [5.74, 6) is 2.66. The number of benzene rings is 2. The van der Waals surface area contributed by atoms with E-state index in [4.69, 9.17) is 9.47 Å². The van der Waals surface area contributed by atoms with Crippen LogP contribution in [0, 0.1) is 35.3 Å². The maximum atomic E-state index is 15.2. The Morgan fingerprint density at radius 3 is 1.77 bits per heavy atom. The smallest absolute Gasteiger partial charge is 0.183 e. The lowest BCUT2D eigenvalue weighted by Gasteiger charge is -2.37. The second kappa shape index (κ2) is 11.1. The lowest BCUT2D eigenvalue weighted by molar-refractivity contribution is -0.205. The molecule has 4 heteroatoms. The highest BCUT2D eigenvalue weighted by Gasteiger charge is 2.31. The van der Waals surface area contributed by atoms with Gasteiger partial charge in [0.25, 0.3) is 0 Å². The predicted octanol–water partition coefficient (Wildman–Crippen LogP) is 8.80. The van der Waals surface area contributed by atoms with Crippen molar-refractivity contribution in [1.82, 2.24) is 0 Å². The molecule has 1 aliphatic heterocycles. The molecule has 2 nitrogen and oxygen atoms in total. The van der Waals surface area contributed by atoms with E-state index in [0.717, 1.165) is 42.6 Å². The van der Waals surface area contributed by atoms with Crippen LogP contribution in [0.4, 0.5) is 8.78 Å². The summed E-state index contributed by atoms with van der Waals surface area (Å²) in [6.07, 6.45) is 10.8. The number of ether oxygens (including phenoxy) is 2. The van der Waals surface area contributed by atoms with Crippen LogP contribution in [0.5, 0.6) is 0 Å². The van der Waals surface area contributed by atoms with Crippen LogP contribution in [0.1, 0.15) is 95.0 Å². The molecule has 0 unspecified atom stereocenters. The molecule has 2 aromatic rings. The first kappa shape index (κ1) is 24.9. The van der Waals surface area contributed by atoms with Crippen molar-refractivity contribution in [3.8, 4) is 11.1 Å². The Hall–Kier alpha value is -1.78. The van der Waals surface area contributed by atoms with Crippen LogP contribution in [0.25, 0.3) is 11.1 Å². The van der Waals surface area contributed by atoms with Gasteiger partial charge in [-0.1, -0.05) is 51.0 Å². The van der Waals surface area contributed by atoms with E-state index in [9.17, 15) is 0 Å². The molecule has 0 radical (unpaired) electrons. The average Bonchev–Trinajstić information content (AvgIpc) is 2.89. The number of halogens is 2. The first-order chi connectivity index (χ1) is 17.0. The molecule has 2 aromatic carbocycles. The Balaban J connectivity index is 1.22. The highest BCUT2D eigenvalue weighted by Crippen LogP contribution is 2.44. The van der Waals surface area contributed by atoms with Crippen LogP contribution < -0.4 is 0 Å². The van der Waals surface area contributed by atoms with Crippen molar-refractivity contribution >= 4 is 0 Å². The highest BCUT2D eigenvalue weighted by molar-refractivity contribution is 5.65. The van der Waals surface area contributed by atoms with E-state index in [0.29, 0.717) is 36.2 Å². The third kappa shape index (κ3) is 5.64. The Morgan fingerprint density at radius 1 is 0.714 bits per heavy atom. The fourth-order valence-corrected chi connectivity index (χ4v) is 6.55. The van der Waals surface area contributed by atoms with Crippen LogP contribution in [0.15, 0.2) is 36.4 Å². The molecule has 2 saturated carbocycles. The standard InChI is InChI=1S/C31H40F2O2/c1-3-21-18-34-31(35-19-21)26-13-15-28(30(33)17-26)27-14-12-25(16-29(27)32)24-10-8-23(9-11-24)22-6-4-20(2)5-7-22/h12-17,20-24,31H,3-11,18-19H2,1-2H3. The van der Waals surface area contributed by atoms with Gasteiger partial charge in [0.1, 0.15) is 11.6 Å². The van der Waals surface area contributed by atoms with Crippen LogP contribution >= 0.6 is 0 Å². The van der Waals surface area contributed by atoms with E-state index >= 15 is 8.78 Å². The van der Waals surface area contributed by atoms with Crippen molar-refractivity contribution in [2.45, 2.75) is 83.8 Å². The zero-order valence-electron chi connectivity index (χ0n) is 21.3. The summed E-state index contributed by atoms with van der Waals surface area (Å²) in [5, 5.41) is 0. The minimum Gasteiger partial charge on any atom is -0.348 e. The van der Waals surface area contributed by atoms with E-state index in [2.05, 4.69) is 13.8 Å². The van der Waals surface area contributed by atoms with Crippen LogP contribution in [0.2, 0.25) is 0 Å². The number of hydrogen-bond donors (Lipinski definition) is 0. The molecule has 190 valence electrons. The van der Waals surface area contributed by atoms with Gasteiger partial charge in [-0.05, 0) is 86.3 Å². The molecule has 1 saturated heterocycles. The van der Waals surface area contributed by atoms with E-state index in [-0.39, 0.29) is 11.4 Å². The Kier molecular flexibility index (Phi) is 7.89. The van der Waals surface area contributed by atoms with Gasteiger partial charge in [0, 0.05) is 22.6 Å². The van der Waals surface area contributed by atoms with Crippen LogP contribution in [-0.4, -0.2) is 13.2 Å². The largest absolute Gasteiger partial charge is 0.348 e. The van der Waals surface area contributed by atoms with Gasteiger partial charge in [0.15, 0.2) is 6.29 Å². The van der Waals surface area contributed by atoms with E-state index in [1.807, 2.05) is 6.07 Å². The molecule has 35 heavy (non-hydrogen) atoms. The van der Waals surface area contributed by atoms with Crippen LogP contribution in [0.3, 0.4) is 0 Å². The molecule has 3 fully saturated rings. The summed E-state index contributed by atoms with van der Waals surface area (Å²) in [6.45, 7) is 5.71. The third-order valence-corrected chi connectivity index (χ3v) is 9.06. The Morgan fingerprint density at radius 2 is 1.23 bits per heavy atom. The molecule has 0 bridgehead atoms. The SMILES string of the molecule is CCC1COC(c2ccc(-c3ccc(C4CCC(C5CCC(C)CC5)CC4)cc3F)c(F)c2)OC1. The van der Waals surface area contributed by atoms with Crippen LogP contribution in [-0.2, 0) is 9.47 Å². The second-order valence-corrected chi connectivity index (χ2v) is 11.4. The van der Waals surface area contributed by atoms with E-state index in [1.54, 1.807) is 24.3 Å². The van der Waals surface area contributed by atoms with E-state index < -0.39 is 12.1 Å². The molecule has 0 amide bonds. The molecule has 0 spiro atoms. The van der Waals surface area contributed by atoms with Gasteiger partial charge in [0.05, 0.1) is 13.2 Å². The first-order valence-electron chi connectivity index (χ1n) is 13.8. The average molecular weight is 483 g/mol. The quantitative estimate of drug-likeness (QED) is 0.424. The molecule has 1 heterocycles. The summed E-state index contributed by atoms with van der Waals surface area (Å²) in [5.41, 5.74) is 2.31. The molecule has 0 aromatic heterocycles. The predicted molar refractivity (Wildman–Crippen MR) is 136 cm³/mol. The van der Waals surface area contributed by atoms with Crippen molar-refractivity contribution in [1.29, 1.82) is 0 Å². The second-order valence-electron chi connectivity index (χ2n) is 11.4. The summed E-state index contributed by atoms with van der Waals surface area (Å²) in [4.78, 5) is 0. The monoisotopic (exact) mass is 482 g/mol. The minimum absolute atomic E-state index is 0.287. The Labute approximate surface area is 209 Å². The summed E-state index contributed by atoms with van der Waals surface area (Å²) in [6, 6.07) is 10.3. The van der Waals surface area contributed by atoms with Crippen molar-refractivity contribution < 1.29 is 18.3 Å². The maximum absolute atomic E-state index is 15.2. The topological polar surface area (TPSA) is 18.5 Å². The van der Waals surface area contributed by atoms with Crippen molar-refractivity contribution in [3.05, 3.63) is 59.2 Å². The highest BCUT2D eigenvalue weighted by atomic mass is 19.1. The number of rotatable bonds is 5. The fraction of sp³-hybridized carbons (Fsp3) is 0.613. The first-order valence-corrected chi connectivity index (χ1v) is 13.8. The molecule has 5 rings (SSSR count). The van der Waals surface area contributed by atoms with Gasteiger partial charge < -0.3 is 9.47 Å². The lowest BCUT2D eigenvalue weighted by Crippen LogP contribution is -2.26. The zero-order chi connectivity index (χ0) is 24.4. The van der Waals surface area contributed by atoms with Crippen molar-refractivity contribution in [2.75, 3.05) is 13.2 Å². The normalized spacial score (nSPS) is 31.9. The van der Waals surface area contributed by atoms with Gasteiger partial charge >= 0.3 is 0 Å². The van der Waals surface area contributed by atoms with Gasteiger partial charge in [0.2, 0.25) is 0 Å². The maximum Gasteiger partial charge on any atom is 0.183 e. The van der Waals surface area contributed by atoms with E-state index in [1.165, 1.54) is 44.6 Å². The molecule has 2 aliphatic carbocycles. The zero-order valence-corrected chi connectivity index (χ0v) is 21.3. The number of hydrogen-bond acceptors (Lipinski definition) is 2. The third-order valence-electron chi connectivity index (χ3n) is 9.06. The Bertz CT molecular complexity index is 981. The summed E-state index contributed by atoms with van der Waals surface area (Å²) in [7, 11) is 0.